The highest BCUT2D eigenvalue weighted by Crippen LogP contribution is 2.26. The fourth-order valence-corrected chi connectivity index (χ4v) is 3.78. The summed E-state index contributed by atoms with van der Waals surface area (Å²) in [5.74, 6) is 0.895. The molecule has 0 aliphatic heterocycles. The van der Waals surface area contributed by atoms with Gasteiger partial charge in [-0.2, -0.15) is 0 Å². The van der Waals surface area contributed by atoms with Gasteiger partial charge in [-0.15, -0.1) is 10.2 Å². The van der Waals surface area contributed by atoms with Gasteiger partial charge in [0, 0.05) is 29.6 Å². The van der Waals surface area contributed by atoms with Crippen LogP contribution in [0.5, 0.6) is 0 Å². The first-order valence-corrected chi connectivity index (χ1v) is 9.76. The minimum Gasteiger partial charge on any atom is -0.311 e. The van der Waals surface area contributed by atoms with E-state index in [-0.39, 0.29) is 12.2 Å². The maximum absolute atomic E-state index is 13.1. The number of nitrogens with one attached hydrogen (secondary N) is 2. The fourth-order valence-electron chi connectivity index (χ4n) is 2.86. The lowest BCUT2D eigenvalue weighted by Gasteiger charge is -2.10. The van der Waals surface area contributed by atoms with Gasteiger partial charge >= 0.3 is 5.69 Å². The van der Waals surface area contributed by atoms with Gasteiger partial charge in [0.15, 0.2) is 5.16 Å². The molecule has 0 aliphatic carbocycles. The van der Waals surface area contributed by atoms with E-state index in [0.717, 1.165) is 11.3 Å². The summed E-state index contributed by atoms with van der Waals surface area (Å²) in [5, 5.41) is 9.22. The number of H-pyrrole nitrogens is 2. The summed E-state index contributed by atoms with van der Waals surface area (Å²) in [5.41, 5.74) is 1.23. The first kappa shape index (κ1) is 18.9. The summed E-state index contributed by atoms with van der Waals surface area (Å²) in [7, 11) is 0. The molecule has 0 bridgehead atoms. The summed E-state index contributed by atoms with van der Waals surface area (Å²) in [6.07, 6.45) is 0.234. The van der Waals surface area contributed by atoms with Crippen LogP contribution in [0.15, 0.2) is 75.4 Å². The first-order chi connectivity index (χ1) is 14.1. The van der Waals surface area contributed by atoms with Crippen molar-refractivity contribution in [2.75, 3.05) is 0 Å². The molecule has 0 fully saturated rings. The number of nitrogens with zero attached hydrogens (tertiary/aromatic N) is 3. The van der Waals surface area contributed by atoms with Crippen molar-refractivity contribution in [2.24, 2.45) is 0 Å². The van der Waals surface area contributed by atoms with E-state index < -0.39 is 11.2 Å². The predicted molar refractivity (Wildman–Crippen MR) is 108 cm³/mol. The van der Waals surface area contributed by atoms with Gasteiger partial charge in [-0.05, 0) is 29.8 Å². The Morgan fingerprint density at radius 1 is 0.966 bits per heavy atom. The highest BCUT2D eigenvalue weighted by Gasteiger charge is 2.16. The second-order valence-electron chi connectivity index (χ2n) is 6.27. The van der Waals surface area contributed by atoms with Crippen molar-refractivity contribution in [1.82, 2.24) is 24.7 Å². The van der Waals surface area contributed by atoms with Crippen molar-refractivity contribution >= 4 is 11.8 Å². The Kier molecular flexibility index (Phi) is 5.39. The molecule has 0 spiro atoms. The van der Waals surface area contributed by atoms with Gasteiger partial charge in [-0.1, -0.05) is 42.1 Å². The molecule has 2 aromatic heterocycles. The van der Waals surface area contributed by atoms with Crippen LogP contribution in [0.2, 0.25) is 0 Å². The summed E-state index contributed by atoms with van der Waals surface area (Å²) >= 11 is 1.47. The predicted octanol–water partition coefficient (Wildman–Crippen LogP) is 2.67. The topological polar surface area (TPSA) is 96.4 Å². The molecule has 0 unspecified atom stereocenters. The van der Waals surface area contributed by atoms with E-state index in [9.17, 15) is 14.0 Å². The zero-order valence-corrected chi connectivity index (χ0v) is 15.9. The fraction of sp³-hybridized carbons (Fsp3) is 0.100. The van der Waals surface area contributed by atoms with Gasteiger partial charge in [0.25, 0.3) is 5.56 Å². The van der Waals surface area contributed by atoms with Crippen molar-refractivity contribution in [3.8, 4) is 5.69 Å². The van der Waals surface area contributed by atoms with Crippen LogP contribution in [0.4, 0.5) is 4.39 Å². The minimum atomic E-state index is -0.566. The van der Waals surface area contributed by atoms with Crippen LogP contribution in [-0.2, 0) is 12.2 Å². The van der Waals surface area contributed by atoms with Gasteiger partial charge in [0.2, 0.25) is 0 Å². The van der Waals surface area contributed by atoms with Crippen LogP contribution in [0, 0.1) is 5.82 Å². The number of halogens is 1. The molecule has 2 N–H and O–H groups in total. The van der Waals surface area contributed by atoms with Crippen LogP contribution in [0.25, 0.3) is 5.69 Å². The van der Waals surface area contributed by atoms with Crippen LogP contribution in [0.3, 0.4) is 0 Å². The van der Waals surface area contributed by atoms with E-state index in [1.165, 1.54) is 30.0 Å². The standard InChI is InChI=1S/C20H16FN5O2S/c21-14-8-6-13(7-9-14)12-29-20-25-24-17(26(20)16-4-2-1-3-5-16)10-15-11-18(27)23-19(28)22-15/h1-9,11H,10,12H2,(H2,22,23,27,28). The Labute approximate surface area is 168 Å². The molecule has 0 saturated heterocycles. The van der Waals surface area contributed by atoms with Crippen molar-refractivity contribution in [1.29, 1.82) is 0 Å². The molecule has 0 aliphatic rings. The lowest BCUT2D eigenvalue weighted by Crippen LogP contribution is -2.23. The van der Waals surface area contributed by atoms with E-state index in [2.05, 4.69) is 20.2 Å². The third kappa shape index (κ3) is 4.52. The summed E-state index contributed by atoms with van der Waals surface area (Å²) in [6, 6.07) is 17.2. The molecule has 2 heterocycles. The number of rotatable bonds is 6. The Balaban J connectivity index is 1.67. The lowest BCUT2D eigenvalue weighted by atomic mass is 10.2. The van der Waals surface area contributed by atoms with Gasteiger partial charge in [0.05, 0.1) is 0 Å². The molecule has 2 aromatic carbocycles. The maximum Gasteiger partial charge on any atom is 0.325 e. The molecule has 0 amide bonds. The zero-order chi connectivity index (χ0) is 20.2. The van der Waals surface area contributed by atoms with Crippen molar-refractivity contribution in [2.45, 2.75) is 17.3 Å². The third-order valence-corrected chi connectivity index (χ3v) is 5.16. The normalized spacial score (nSPS) is 10.9. The monoisotopic (exact) mass is 409 g/mol. The van der Waals surface area contributed by atoms with E-state index in [0.29, 0.717) is 22.4 Å². The highest BCUT2D eigenvalue weighted by molar-refractivity contribution is 7.98. The quantitative estimate of drug-likeness (QED) is 0.477. The first-order valence-electron chi connectivity index (χ1n) is 8.78. The van der Waals surface area contributed by atoms with E-state index in [1.807, 2.05) is 34.9 Å². The molecular weight excluding hydrogens is 393 g/mol. The number of thioether (sulfide) groups is 1. The Morgan fingerprint density at radius 3 is 2.45 bits per heavy atom. The average molecular weight is 409 g/mol. The molecule has 0 radical (unpaired) electrons. The van der Waals surface area contributed by atoms with Gasteiger partial charge in [-0.3, -0.25) is 14.3 Å². The second-order valence-corrected chi connectivity index (χ2v) is 7.22. The summed E-state index contributed by atoms with van der Waals surface area (Å²) < 4.78 is 15.0. The molecule has 9 heteroatoms. The number of hydrogen-bond donors (Lipinski definition) is 2. The number of para-hydroxylation sites is 1. The Morgan fingerprint density at radius 2 is 1.72 bits per heavy atom. The maximum atomic E-state index is 13.1. The lowest BCUT2D eigenvalue weighted by molar-refractivity contribution is 0.627. The minimum absolute atomic E-state index is 0.234. The Bertz CT molecular complexity index is 1200. The van der Waals surface area contributed by atoms with Gasteiger partial charge in [0.1, 0.15) is 11.6 Å². The summed E-state index contributed by atoms with van der Waals surface area (Å²) in [4.78, 5) is 27.9. The van der Waals surface area contributed by atoms with Gasteiger partial charge in [-0.25, -0.2) is 9.18 Å². The smallest absolute Gasteiger partial charge is 0.311 e. The van der Waals surface area contributed by atoms with Crippen molar-refractivity contribution in [3.05, 3.63) is 104 Å². The molecule has 29 heavy (non-hydrogen) atoms. The van der Waals surface area contributed by atoms with Crippen molar-refractivity contribution in [3.63, 3.8) is 0 Å². The van der Waals surface area contributed by atoms with Crippen LogP contribution < -0.4 is 11.2 Å². The second kappa shape index (κ2) is 8.27. The summed E-state index contributed by atoms with van der Waals surface area (Å²) in [6.45, 7) is 0. The molecule has 4 rings (SSSR count). The molecule has 0 atom stereocenters. The van der Waals surface area contributed by atoms with E-state index in [1.54, 1.807) is 12.1 Å². The van der Waals surface area contributed by atoms with E-state index >= 15 is 0 Å². The molecule has 7 nitrogen and oxygen atoms in total. The van der Waals surface area contributed by atoms with Crippen LogP contribution >= 0.6 is 11.8 Å². The van der Waals surface area contributed by atoms with Crippen LogP contribution in [0.1, 0.15) is 17.1 Å². The number of hydrogen-bond acceptors (Lipinski definition) is 5. The highest BCUT2D eigenvalue weighted by atomic mass is 32.2. The number of aromatic nitrogens is 5. The largest absolute Gasteiger partial charge is 0.325 e. The number of benzene rings is 2. The molecule has 0 saturated carbocycles. The molecule has 146 valence electrons. The van der Waals surface area contributed by atoms with Crippen LogP contribution in [-0.4, -0.2) is 24.7 Å². The number of aromatic amines is 2. The zero-order valence-electron chi connectivity index (χ0n) is 15.1. The van der Waals surface area contributed by atoms with Gasteiger partial charge < -0.3 is 4.98 Å². The average Bonchev–Trinajstić information content (AvgIpc) is 3.10. The Hall–Kier alpha value is -3.46. The molecular formula is C20H16FN5O2S. The van der Waals surface area contributed by atoms with E-state index in [4.69, 9.17) is 0 Å². The van der Waals surface area contributed by atoms with Crippen molar-refractivity contribution < 1.29 is 4.39 Å². The third-order valence-electron chi connectivity index (χ3n) is 4.16. The molecule has 4 aromatic rings. The SMILES string of the molecule is O=c1cc(Cc2nnc(SCc3ccc(F)cc3)n2-c2ccccc2)[nH]c(=O)[nH]1.